The van der Waals surface area contributed by atoms with Gasteiger partial charge in [-0.2, -0.15) is 5.10 Å². The van der Waals surface area contributed by atoms with Crippen molar-refractivity contribution >= 4 is 12.1 Å². The Morgan fingerprint density at radius 3 is 2.75 bits per heavy atom. The maximum atomic E-state index is 13.4. The molecule has 2 rings (SSSR count). The summed E-state index contributed by atoms with van der Waals surface area (Å²) in [5.41, 5.74) is 3.30. The van der Waals surface area contributed by atoms with Crippen molar-refractivity contribution in [3.63, 3.8) is 0 Å². The van der Waals surface area contributed by atoms with Gasteiger partial charge in [-0.25, -0.2) is 9.82 Å². The lowest BCUT2D eigenvalue weighted by molar-refractivity contribution is 0.0955. The van der Waals surface area contributed by atoms with Crippen LogP contribution in [0.25, 0.3) is 0 Å². The Labute approximate surface area is 115 Å². The van der Waals surface area contributed by atoms with Crippen molar-refractivity contribution in [1.82, 2.24) is 10.4 Å². The minimum Gasteiger partial charge on any atom is -0.494 e. The standard InChI is InChI=1S/C14H12FN3O2/c1-20-13-3-2-10(8-12(13)15)9-17-18-14(19)11-4-6-16-7-5-11/h2-9H,1H3,(H,18,19)/b17-9-. The number of nitrogens with zero attached hydrogens (tertiary/aromatic N) is 2. The predicted octanol–water partition coefficient (Wildman–Crippen LogP) is 1.99. The third-order valence-corrected chi connectivity index (χ3v) is 2.50. The Morgan fingerprint density at radius 1 is 1.35 bits per heavy atom. The first kappa shape index (κ1) is 13.7. The quantitative estimate of drug-likeness (QED) is 0.684. The molecule has 1 heterocycles. The second kappa shape index (κ2) is 6.42. The average Bonchev–Trinajstić information content (AvgIpc) is 2.48. The molecular weight excluding hydrogens is 261 g/mol. The number of amides is 1. The molecule has 1 aromatic carbocycles. The topological polar surface area (TPSA) is 63.6 Å². The molecule has 20 heavy (non-hydrogen) atoms. The van der Waals surface area contributed by atoms with Crippen molar-refractivity contribution in [3.8, 4) is 5.75 Å². The van der Waals surface area contributed by atoms with Gasteiger partial charge in [-0.05, 0) is 35.9 Å². The summed E-state index contributed by atoms with van der Waals surface area (Å²) in [7, 11) is 1.39. The second-order valence-corrected chi connectivity index (χ2v) is 3.83. The number of carbonyl (C=O) groups excluding carboxylic acids is 1. The van der Waals surface area contributed by atoms with E-state index in [0.717, 1.165) is 0 Å². The first-order valence-corrected chi connectivity index (χ1v) is 5.77. The summed E-state index contributed by atoms with van der Waals surface area (Å²) in [5.74, 6) is -0.697. The van der Waals surface area contributed by atoms with Crippen molar-refractivity contribution < 1.29 is 13.9 Å². The molecule has 0 aliphatic carbocycles. The van der Waals surface area contributed by atoms with E-state index in [0.29, 0.717) is 11.1 Å². The highest BCUT2D eigenvalue weighted by Gasteiger charge is 2.03. The Balaban J connectivity index is 2.00. The Kier molecular flexibility index (Phi) is 4.39. The van der Waals surface area contributed by atoms with Gasteiger partial charge in [0.2, 0.25) is 0 Å². The fourth-order valence-electron chi connectivity index (χ4n) is 1.50. The molecule has 0 radical (unpaired) electrons. The van der Waals surface area contributed by atoms with Gasteiger partial charge >= 0.3 is 0 Å². The predicted molar refractivity (Wildman–Crippen MR) is 72.2 cm³/mol. The van der Waals surface area contributed by atoms with E-state index >= 15 is 0 Å². The van der Waals surface area contributed by atoms with Gasteiger partial charge in [0.1, 0.15) is 0 Å². The van der Waals surface area contributed by atoms with Crippen molar-refractivity contribution in [2.45, 2.75) is 0 Å². The van der Waals surface area contributed by atoms with Crippen LogP contribution in [0.3, 0.4) is 0 Å². The van der Waals surface area contributed by atoms with Crippen LogP contribution in [0.4, 0.5) is 4.39 Å². The molecule has 0 bridgehead atoms. The first-order chi connectivity index (χ1) is 9.70. The molecule has 0 fully saturated rings. The minimum atomic E-state index is -0.489. The number of ether oxygens (including phenoxy) is 1. The Hall–Kier alpha value is -2.76. The number of pyridine rings is 1. The third-order valence-electron chi connectivity index (χ3n) is 2.50. The van der Waals surface area contributed by atoms with E-state index in [2.05, 4.69) is 15.5 Å². The van der Waals surface area contributed by atoms with Crippen molar-refractivity contribution in [2.24, 2.45) is 5.10 Å². The number of nitrogens with one attached hydrogen (secondary N) is 1. The summed E-state index contributed by atoms with van der Waals surface area (Å²) in [6, 6.07) is 7.52. The number of carbonyl (C=O) groups is 1. The zero-order valence-corrected chi connectivity index (χ0v) is 10.7. The number of aromatic nitrogens is 1. The van der Waals surface area contributed by atoms with Gasteiger partial charge in [0.05, 0.1) is 13.3 Å². The molecule has 0 atom stereocenters. The van der Waals surface area contributed by atoms with Crippen molar-refractivity contribution in [3.05, 3.63) is 59.7 Å². The van der Waals surface area contributed by atoms with Gasteiger partial charge in [0.25, 0.3) is 5.91 Å². The number of hydrogen-bond acceptors (Lipinski definition) is 4. The summed E-state index contributed by atoms with van der Waals surface area (Å²) >= 11 is 0. The number of rotatable bonds is 4. The SMILES string of the molecule is COc1ccc(/C=N\NC(=O)c2ccncc2)cc1F. The monoisotopic (exact) mass is 273 g/mol. The number of halogens is 1. The molecular formula is C14H12FN3O2. The van der Waals surface area contributed by atoms with E-state index in [1.807, 2.05) is 0 Å². The molecule has 0 saturated heterocycles. The zero-order valence-electron chi connectivity index (χ0n) is 10.7. The highest BCUT2D eigenvalue weighted by Crippen LogP contribution is 2.16. The largest absolute Gasteiger partial charge is 0.494 e. The molecule has 1 N–H and O–H groups in total. The van der Waals surface area contributed by atoms with Gasteiger partial charge in [-0.1, -0.05) is 0 Å². The summed E-state index contributed by atoms with van der Waals surface area (Å²) < 4.78 is 18.2. The Morgan fingerprint density at radius 2 is 2.10 bits per heavy atom. The number of hydrogen-bond donors (Lipinski definition) is 1. The van der Waals surface area contributed by atoms with Crippen LogP contribution >= 0.6 is 0 Å². The van der Waals surface area contributed by atoms with Crippen LogP contribution in [-0.2, 0) is 0 Å². The van der Waals surface area contributed by atoms with E-state index in [-0.39, 0.29) is 11.7 Å². The van der Waals surface area contributed by atoms with Crippen LogP contribution in [-0.4, -0.2) is 24.2 Å². The highest BCUT2D eigenvalue weighted by atomic mass is 19.1. The van der Waals surface area contributed by atoms with E-state index in [1.54, 1.807) is 18.2 Å². The first-order valence-electron chi connectivity index (χ1n) is 5.77. The molecule has 0 saturated carbocycles. The van der Waals surface area contributed by atoms with Crippen LogP contribution in [0.5, 0.6) is 5.75 Å². The normalized spacial score (nSPS) is 10.5. The molecule has 0 spiro atoms. The molecule has 0 aliphatic heterocycles. The molecule has 102 valence electrons. The molecule has 6 heteroatoms. The fourth-order valence-corrected chi connectivity index (χ4v) is 1.50. The lowest BCUT2D eigenvalue weighted by Gasteiger charge is -2.02. The molecule has 0 aliphatic rings. The molecule has 1 amide bonds. The van der Waals surface area contributed by atoms with Crippen molar-refractivity contribution in [1.29, 1.82) is 0 Å². The van der Waals surface area contributed by atoms with Crippen molar-refractivity contribution in [2.75, 3.05) is 7.11 Å². The van der Waals surface area contributed by atoms with Crippen LogP contribution in [0.15, 0.2) is 47.8 Å². The van der Waals surface area contributed by atoms with Gasteiger partial charge in [-0.3, -0.25) is 9.78 Å². The van der Waals surface area contributed by atoms with Crippen LogP contribution in [0.2, 0.25) is 0 Å². The van der Waals surface area contributed by atoms with E-state index in [4.69, 9.17) is 4.74 Å². The smallest absolute Gasteiger partial charge is 0.271 e. The zero-order chi connectivity index (χ0) is 14.4. The van der Waals surface area contributed by atoms with Gasteiger partial charge in [-0.15, -0.1) is 0 Å². The molecule has 5 nitrogen and oxygen atoms in total. The summed E-state index contributed by atoms with van der Waals surface area (Å²) in [5, 5.41) is 3.76. The van der Waals surface area contributed by atoms with Gasteiger partial charge < -0.3 is 4.74 Å². The number of methoxy groups -OCH3 is 1. The van der Waals surface area contributed by atoms with Gasteiger partial charge in [0.15, 0.2) is 11.6 Å². The Bertz CT molecular complexity index is 630. The van der Waals surface area contributed by atoms with E-state index in [9.17, 15) is 9.18 Å². The minimum absolute atomic E-state index is 0.156. The van der Waals surface area contributed by atoms with Crippen LogP contribution in [0.1, 0.15) is 15.9 Å². The average molecular weight is 273 g/mol. The maximum absolute atomic E-state index is 13.4. The van der Waals surface area contributed by atoms with Crippen LogP contribution in [0, 0.1) is 5.82 Å². The molecule has 0 unspecified atom stereocenters. The number of hydrazone groups is 1. The van der Waals surface area contributed by atoms with Crippen LogP contribution < -0.4 is 10.2 Å². The number of benzene rings is 1. The lowest BCUT2D eigenvalue weighted by atomic mass is 10.2. The molecule has 1 aromatic heterocycles. The lowest BCUT2D eigenvalue weighted by Crippen LogP contribution is -2.17. The molecule has 2 aromatic rings. The van der Waals surface area contributed by atoms with Gasteiger partial charge in [0, 0.05) is 18.0 Å². The third kappa shape index (κ3) is 3.38. The second-order valence-electron chi connectivity index (χ2n) is 3.83. The summed E-state index contributed by atoms with van der Waals surface area (Å²) in [6.07, 6.45) is 4.37. The maximum Gasteiger partial charge on any atom is 0.271 e. The van der Waals surface area contributed by atoms with E-state index < -0.39 is 5.82 Å². The fraction of sp³-hybridized carbons (Fsp3) is 0.0714. The highest BCUT2D eigenvalue weighted by molar-refractivity contribution is 5.94. The summed E-state index contributed by atoms with van der Waals surface area (Å²) in [4.78, 5) is 15.5. The summed E-state index contributed by atoms with van der Waals surface area (Å²) in [6.45, 7) is 0. The van der Waals surface area contributed by atoms with E-state index in [1.165, 1.54) is 37.9 Å².